The van der Waals surface area contributed by atoms with E-state index in [0.29, 0.717) is 17.1 Å². The molecule has 1 atom stereocenters. The second-order valence-corrected chi connectivity index (χ2v) is 8.73. The van der Waals surface area contributed by atoms with Gasteiger partial charge in [-0.1, -0.05) is 23.9 Å². The molecule has 8 nitrogen and oxygen atoms in total. The monoisotopic (exact) mass is 444 g/mol. The van der Waals surface area contributed by atoms with Crippen LogP contribution in [0.1, 0.15) is 12.5 Å². The standard InChI is InChI=1S/C20H20N4O4S2/c1-12(29-20-23-14-5-3-4-6-17(14)30-20)19(26)24-22-10-13-7-8-15(16(9-13)27-2)28-11-18(21)25/h3-10,12H,11H2,1-2H3,(H2,21,25)(H,24,26)/b22-10-. The fourth-order valence-corrected chi connectivity index (χ4v) is 4.61. The van der Waals surface area contributed by atoms with Gasteiger partial charge in [-0.15, -0.1) is 11.3 Å². The fourth-order valence-electron chi connectivity index (χ4n) is 2.40. The lowest BCUT2D eigenvalue weighted by molar-refractivity contribution is -0.120. The fraction of sp³-hybridized carbons (Fsp3) is 0.200. The maximum Gasteiger partial charge on any atom is 0.255 e. The molecule has 0 fully saturated rings. The Bertz CT molecular complexity index is 1050. The van der Waals surface area contributed by atoms with Crippen LogP contribution < -0.4 is 20.6 Å². The molecule has 3 rings (SSSR count). The van der Waals surface area contributed by atoms with Crippen LogP contribution in [0.3, 0.4) is 0 Å². The molecule has 0 aliphatic carbocycles. The number of methoxy groups -OCH3 is 1. The number of aromatic nitrogens is 1. The molecule has 1 aromatic heterocycles. The van der Waals surface area contributed by atoms with E-state index in [1.807, 2.05) is 24.3 Å². The number of nitrogens with two attached hydrogens (primary N) is 1. The van der Waals surface area contributed by atoms with Gasteiger partial charge >= 0.3 is 0 Å². The van der Waals surface area contributed by atoms with Gasteiger partial charge < -0.3 is 15.2 Å². The Morgan fingerprint density at radius 2 is 2.10 bits per heavy atom. The molecule has 10 heteroatoms. The zero-order chi connectivity index (χ0) is 21.5. The molecule has 0 saturated heterocycles. The molecule has 1 heterocycles. The third kappa shape index (κ3) is 5.71. The number of nitrogens with zero attached hydrogens (tertiary/aromatic N) is 2. The van der Waals surface area contributed by atoms with Gasteiger partial charge in [-0.3, -0.25) is 9.59 Å². The Labute approximate surface area is 181 Å². The first-order valence-electron chi connectivity index (χ1n) is 8.90. The highest BCUT2D eigenvalue weighted by Gasteiger charge is 2.16. The number of hydrogen-bond donors (Lipinski definition) is 2. The van der Waals surface area contributed by atoms with Gasteiger partial charge in [0.05, 0.1) is 28.8 Å². The lowest BCUT2D eigenvalue weighted by Gasteiger charge is -2.10. The first-order chi connectivity index (χ1) is 14.5. The van der Waals surface area contributed by atoms with Crippen molar-refractivity contribution in [1.29, 1.82) is 0 Å². The molecule has 0 bridgehead atoms. The van der Waals surface area contributed by atoms with Crippen molar-refractivity contribution in [2.24, 2.45) is 10.8 Å². The Morgan fingerprint density at radius 1 is 1.30 bits per heavy atom. The van der Waals surface area contributed by atoms with Crippen LogP contribution in [0.5, 0.6) is 11.5 Å². The van der Waals surface area contributed by atoms with Crippen LogP contribution in [-0.2, 0) is 9.59 Å². The van der Waals surface area contributed by atoms with Crippen molar-refractivity contribution >= 4 is 51.3 Å². The van der Waals surface area contributed by atoms with Crippen LogP contribution in [0.2, 0.25) is 0 Å². The summed E-state index contributed by atoms with van der Waals surface area (Å²) in [5.74, 6) is -0.00301. The van der Waals surface area contributed by atoms with E-state index < -0.39 is 5.91 Å². The van der Waals surface area contributed by atoms with E-state index >= 15 is 0 Å². The van der Waals surface area contributed by atoms with E-state index in [1.54, 1.807) is 36.5 Å². The number of thioether (sulfide) groups is 1. The van der Waals surface area contributed by atoms with E-state index in [0.717, 1.165) is 14.6 Å². The third-order valence-corrected chi connectivity index (χ3v) is 6.10. The third-order valence-electron chi connectivity index (χ3n) is 3.87. The molecule has 0 spiro atoms. The predicted octanol–water partition coefficient (Wildman–Crippen LogP) is 2.80. The summed E-state index contributed by atoms with van der Waals surface area (Å²) in [7, 11) is 1.48. The number of rotatable bonds is 9. The number of ether oxygens (including phenoxy) is 2. The molecule has 3 aromatic rings. The Balaban J connectivity index is 1.57. The second kappa shape index (κ2) is 10.1. The second-order valence-electron chi connectivity index (χ2n) is 6.11. The van der Waals surface area contributed by atoms with Gasteiger partial charge in [0.1, 0.15) is 0 Å². The zero-order valence-electron chi connectivity index (χ0n) is 16.3. The number of carbonyl (C=O) groups is 2. The molecular weight excluding hydrogens is 424 g/mol. The summed E-state index contributed by atoms with van der Waals surface area (Å²) in [6, 6.07) is 12.9. The number of para-hydroxylation sites is 1. The lowest BCUT2D eigenvalue weighted by atomic mass is 10.2. The van der Waals surface area contributed by atoms with Gasteiger partial charge in [-0.05, 0) is 42.8 Å². The number of nitrogens with one attached hydrogen (secondary N) is 1. The van der Waals surface area contributed by atoms with E-state index in [-0.39, 0.29) is 17.8 Å². The highest BCUT2D eigenvalue weighted by molar-refractivity contribution is 8.02. The van der Waals surface area contributed by atoms with Crippen molar-refractivity contribution < 1.29 is 19.1 Å². The topological polar surface area (TPSA) is 116 Å². The van der Waals surface area contributed by atoms with E-state index in [2.05, 4.69) is 15.5 Å². The van der Waals surface area contributed by atoms with Gasteiger partial charge in [-0.2, -0.15) is 5.10 Å². The summed E-state index contributed by atoms with van der Waals surface area (Å²) < 4.78 is 12.4. The van der Waals surface area contributed by atoms with Gasteiger partial charge in [-0.25, -0.2) is 10.4 Å². The van der Waals surface area contributed by atoms with E-state index in [9.17, 15) is 9.59 Å². The van der Waals surface area contributed by atoms with E-state index in [4.69, 9.17) is 15.2 Å². The molecule has 2 amide bonds. The van der Waals surface area contributed by atoms with Gasteiger partial charge in [0.25, 0.3) is 11.8 Å². The summed E-state index contributed by atoms with van der Waals surface area (Å²) in [5.41, 5.74) is 9.22. The van der Waals surface area contributed by atoms with Crippen molar-refractivity contribution in [3.05, 3.63) is 48.0 Å². The molecule has 0 saturated carbocycles. The van der Waals surface area contributed by atoms with Gasteiger partial charge in [0, 0.05) is 0 Å². The highest BCUT2D eigenvalue weighted by Crippen LogP contribution is 2.32. The maximum atomic E-state index is 12.3. The minimum Gasteiger partial charge on any atom is -0.493 e. The molecule has 0 radical (unpaired) electrons. The number of primary amides is 1. The first kappa shape index (κ1) is 21.6. The molecule has 30 heavy (non-hydrogen) atoms. The first-order valence-corrected chi connectivity index (χ1v) is 10.6. The Hall–Kier alpha value is -3.11. The van der Waals surface area contributed by atoms with Crippen LogP contribution in [0.4, 0.5) is 0 Å². The summed E-state index contributed by atoms with van der Waals surface area (Å²) in [6.45, 7) is 1.56. The molecule has 3 N–H and O–H groups in total. The summed E-state index contributed by atoms with van der Waals surface area (Å²) >= 11 is 2.94. The zero-order valence-corrected chi connectivity index (χ0v) is 18.0. The molecule has 2 aromatic carbocycles. The Kier molecular flexibility index (Phi) is 7.26. The largest absolute Gasteiger partial charge is 0.493 e. The van der Waals surface area contributed by atoms with Gasteiger partial charge in [0.2, 0.25) is 0 Å². The SMILES string of the molecule is COc1cc(/C=N\NC(=O)C(C)Sc2nc3ccccc3s2)ccc1OCC(N)=O. The van der Waals surface area contributed by atoms with Crippen molar-refractivity contribution in [1.82, 2.24) is 10.4 Å². The lowest BCUT2D eigenvalue weighted by Crippen LogP contribution is -2.26. The van der Waals surface area contributed by atoms with Crippen LogP contribution in [0.25, 0.3) is 10.2 Å². The van der Waals surface area contributed by atoms with Crippen molar-refractivity contribution in [3.8, 4) is 11.5 Å². The number of amides is 2. The van der Waals surface area contributed by atoms with E-state index in [1.165, 1.54) is 25.1 Å². The number of fused-ring (bicyclic) bond motifs is 1. The number of hydrazone groups is 1. The highest BCUT2D eigenvalue weighted by atomic mass is 32.2. The van der Waals surface area contributed by atoms with Crippen LogP contribution in [0, 0.1) is 0 Å². The number of thiazole rings is 1. The van der Waals surface area contributed by atoms with Gasteiger partial charge in [0.15, 0.2) is 22.4 Å². The smallest absolute Gasteiger partial charge is 0.255 e. The number of carbonyl (C=O) groups excluding carboxylic acids is 2. The van der Waals surface area contributed by atoms with Crippen LogP contribution in [0.15, 0.2) is 51.9 Å². The number of benzene rings is 2. The molecule has 156 valence electrons. The minimum absolute atomic E-state index is 0.233. The predicted molar refractivity (Wildman–Crippen MR) is 118 cm³/mol. The molecule has 0 aliphatic rings. The van der Waals surface area contributed by atoms with Crippen molar-refractivity contribution in [2.75, 3.05) is 13.7 Å². The minimum atomic E-state index is -0.580. The summed E-state index contributed by atoms with van der Waals surface area (Å²) in [4.78, 5) is 27.7. The average molecular weight is 445 g/mol. The summed E-state index contributed by atoms with van der Waals surface area (Å²) in [5, 5.41) is 3.64. The van der Waals surface area contributed by atoms with Crippen LogP contribution >= 0.6 is 23.1 Å². The summed E-state index contributed by atoms with van der Waals surface area (Å²) in [6.07, 6.45) is 1.49. The van der Waals surface area contributed by atoms with Crippen LogP contribution in [-0.4, -0.2) is 42.0 Å². The average Bonchev–Trinajstić information content (AvgIpc) is 3.14. The van der Waals surface area contributed by atoms with Crippen molar-refractivity contribution in [3.63, 3.8) is 0 Å². The number of hydrogen-bond acceptors (Lipinski definition) is 8. The van der Waals surface area contributed by atoms with Crippen molar-refractivity contribution in [2.45, 2.75) is 16.5 Å². The Morgan fingerprint density at radius 3 is 2.83 bits per heavy atom. The molecular formula is C20H20N4O4S2. The quantitative estimate of drug-likeness (QED) is 0.298. The molecule has 1 unspecified atom stereocenters. The normalized spacial score (nSPS) is 12.1. The maximum absolute atomic E-state index is 12.3. The molecule has 0 aliphatic heterocycles.